The standard InChI is InChI=1S/C12H15N3OS2/c16-5-4-15(7-9-3-6-17-8-9)12-13-11(14-18-12)10-1-2-10/h3,6,8,10,16H,1-2,4-5,7H2. The summed E-state index contributed by atoms with van der Waals surface area (Å²) in [7, 11) is 0. The molecule has 1 aliphatic carbocycles. The van der Waals surface area contributed by atoms with Gasteiger partial charge in [0, 0.05) is 30.5 Å². The first-order chi connectivity index (χ1) is 8.86. The van der Waals surface area contributed by atoms with Gasteiger partial charge in [0.25, 0.3) is 0 Å². The van der Waals surface area contributed by atoms with Crippen molar-refractivity contribution in [2.75, 3.05) is 18.1 Å². The second-order valence-corrected chi connectivity index (χ2v) is 6.00. The maximum Gasteiger partial charge on any atom is 0.205 e. The quantitative estimate of drug-likeness (QED) is 0.883. The van der Waals surface area contributed by atoms with Crippen molar-refractivity contribution in [3.05, 3.63) is 28.2 Å². The van der Waals surface area contributed by atoms with E-state index in [2.05, 4.69) is 31.1 Å². The summed E-state index contributed by atoms with van der Waals surface area (Å²) in [6.45, 7) is 1.54. The molecule has 1 N–H and O–H groups in total. The van der Waals surface area contributed by atoms with Gasteiger partial charge in [0.15, 0.2) is 0 Å². The molecule has 2 aromatic heterocycles. The Labute approximate surface area is 114 Å². The molecule has 0 amide bonds. The Hall–Kier alpha value is -0.980. The number of nitrogens with zero attached hydrogens (tertiary/aromatic N) is 3. The minimum atomic E-state index is 0.141. The topological polar surface area (TPSA) is 49.2 Å². The van der Waals surface area contributed by atoms with Gasteiger partial charge in [0.05, 0.1) is 6.61 Å². The van der Waals surface area contributed by atoms with Crippen molar-refractivity contribution in [3.63, 3.8) is 0 Å². The zero-order chi connectivity index (χ0) is 12.4. The summed E-state index contributed by atoms with van der Waals surface area (Å²) in [5, 5.41) is 14.3. The molecule has 0 aliphatic heterocycles. The van der Waals surface area contributed by atoms with Gasteiger partial charge in [-0.3, -0.25) is 0 Å². The number of aliphatic hydroxyl groups is 1. The summed E-state index contributed by atoms with van der Waals surface area (Å²) in [4.78, 5) is 6.70. The monoisotopic (exact) mass is 281 g/mol. The Bertz CT molecular complexity index is 493. The van der Waals surface area contributed by atoms with E-state index < -0.39 is 0 Å². The average Bonchev–Trinajstić information content (AvgIpc) is 2.92. The van der Waals surface area contributed by atoms with Crippen LogP contribution in [-0.2, 0) is 6.54 Å². The zero-order valence-electron chi connectivity index (χ0n) is 9.95. The van der Waals surface area contributed by atoms with Crippen molar-refractivity contribution in [3.8, 4) is 0 Å². The largest absolute Gasteiger partial charge is 0.395 e. The molecule has 1 aliphatic rings. The number of anilines is 1. The summed E-state index contributed by atoms with van der Waals surface area (Å²) in [5.74, 6) is 1.58. The third kappa shape index (κ3) is 2.71. The Balaban J connectivity index is 1.74. The molecule has 2 heterocycles. The third-order valence-electron chi connectivity index (χ3n) is 2.97. The fraction of sp³-hybridized carbons (Fsp3) is 0.500. The molecule has 0 bridgehead atoms. The molecule has 3 rings (SSSR count). The van der Waals surface area contributed by atoms with Gasteiger partial charge in [-0.1, -0.05) is 0 Å². The van der Waals surface area contributed by atoms with Crippen molar-refractivity contribution in [1.82, 2.24) is 9.36 Å². The van der Waals surface area contributed by atoms with Crippen LogP contribution in [0.5, 0.6) is 0 Å². The lowest BCUT2D eigenvalue weighted by Crippen LogP contribution is -2.25. The van der Waals surface area contributed by atoms with Crippen LogP contribution in [0.15, 0.2) is 16.8 Å². The minimum absolute atomic E-state index is 0.141. The number of hydrogen-bond acceptors (Lipinski definition) is 6. The molecule has 96 valence electrons. The van der Waals surface area contributed by atoms with Gasteiger partial charge in [0.2, 0.25) is 5.13 Å². The Morgan fingerprint density at radius 3 is 3.00 bits per heavy atom. The summed E-state index contributed by atoms with van der Waals surface area (Å²) in [5.41, 5.74) is 1.26. The van der Waals surface area contributed by atoms with Crippen LogP contribution in [-0.4, -0.2) is 27.6 Å². The van der Waals surface area contributed by atoms with Crippen LogP contribution in [0.2, 0.25) is 0 Å². The molecule has 0 atom stereocenters. The van der Waals surface area contributed by atoms with E-state index in [4.69, 9.17) is 0 Å². The number of thiophene rings is 1. The van der Waals surface area contributed by atoms with Gasteiger partial charge in [-0.25, -0.2) is 4.98 Å². The van der Waals surface area contributed by atoms with Crippen molar-refractivity contribution < 1.29 is 5.11 Å². The molecule has 1 saturated carbocycles. The first-order valence-corrected chi connectivity index (χ1v) is 7.79. The zero-order valence-corrected chi connectivity index (χ0v) is 11.6. The van der Waals surface area contributed by atoms with Crippen LogP contribution in [0.4, 0.5) is 5.13 Å². The maximum absolute atomic E-state index is 9.17. The highest BCUT2D eigenvalue weighted by molar-refractivity contribution is 7.09. The van der Waals surface area contributed by atoms with E-state index in [-0.39, 0.29) is 6.61 Å². The summed E-state index contributed by atoms with van der Waals surface area (Å²) < 4.78 is 4.42. The van der Waals surface area contributed by atoms with E-state index in [0.717, 1.165) is 17.5 Å². The van der Waals surface area contributed by atoms with Gasteiger partial charge < -0.3 is 10.0 Å². The molecule has 0 radical (unpaired) electrons. The molecule has 0 spiro atoms. The van der Waals surface area contributed by atoms with E-state index in [0.29, 0.717) is 12.5 Å². The third-order valence-corrected chi connectivity index (χ3v) is 4.49. The highest BCUT2D eigenvalue weighted by atomic mass is 32.1. The predicted molar refractivity (Wildman–Crippen MR) is 74.3 cm³/mol. The summed E-state index contributed by atoms with van der Waals surface area (Å²) >= 11 is 3.14. The van der Waals surface area contributed by atoms with Crippen molar-refractivity contribution in [2.45, 2.75) is 25.3 Å². The van der Waals surface area contributed by atoms with Crippen molar-refractivity contribution in [1.29, 1.82) is 0 Å². The highest BCUT2D eigenvalue weighted by Crippen LogP contribution is 2.39. The molecule has 2 aromatic rings. The van der Waals surface area contributed by atoms with Gasteiger partial charge in [0.1, 0.15) is 5.82 Å². The van der Waals surface area contributed by atoms with Crippen LogP contribution in [0.3, 0.4) is 0 Å². The van der Waals surface area contributed by atoms with Gasteiger partial charge in [-0.2, -0.15) is 15.7 Å². The number of aromatic nitrogens is 2. The first-order valence-electron chi connectivity index (χ1n) is 6.07. The van der Waals surface area contributed by atoms with E-state index in [1.165, 1.54) is 29.9 Å². The Morgan fingerprint density at radius 1 is 1.44 bits per heavy atom. The molecule has 0 aromatic carbocycles. The minimum Gasteiger partial charge on any atom is -0.395 e. The fourth-order valence-electron chi connectivity index (χ4n) is 1.83. The van der Waals surface area contributed by atoms with E-state index in [9.17, 15) is 5.11 Å². The number of rotatable bonds is 6. The highest BCUT2D eigenvalue weighted by Gasteiger charge is 2.28. The predicted octanol–water partition coefficient (Wildman–Crippen LogP) is 2.48. The molecule has 18 heavy (non-hydrogen) atoms. The molecule has 1 fully saturated rings. The molecular weight excluding hydrogens is 266 g/mol. The Morgan fingerprint density at radius 2 is 2.33 bits per heavy atom. The molecule has 4 nitrogen and oxygen atoms in total. The van der Waals surface area contributed by atoms with Crippen LogP contribution in [0, 0.1) is 0 Å². The van der Waals surface area contributed by atoms with Gasteiger partial charge in [-0.05, 0) is 35.2 Å². The van der Waals surface area contributed by atoms with Gasteiger partial charge >= 0.3 is 0 Å². The Kier molecular flexibility index (Phi) is 3.58. The van der Waals surface area contributed by atoms with E-state index in [1.807, 2.05) is 0 Å². The number of aliphatic hydroxyl groups excluding tert-OH is 1. The fourth-order valence-corrected chi connectivity index (χ4v) is 3.26. The lowest BCUT2D eigenvalue weighted by atomic mass is 10.3. The smallest absolute Gasteiger partial charge is 0.205 e. The van der Waals surface area contributed by atoms with Gasteiger partial charge in [-0.15, -0.1) is 0 Å². The molecular formula is C12H15N3OS2. The molecule has 0 unspecified atom stereocenters. The van der Waals surface area contributed by atoms with Crippen molar-refractivity contribution >= 4 is 28.0 Å². The SMILES string of the molecule is OCCN(Cc1ccsc1)c1nc(C2CC2)ns1. The van der Waals surface area contributed by atoms with Crippen molar-refractivity contribution in [2.24, 2.45) is 0 Å². The van der Waals surface area contributed by atoms with E-state index in [1.54, 1.807) is 11.3 Å². The van der Waals surface area contributed by atoms with Crippen LogP contribution < -0.4 is 4.90 Å². The lowest BCUT2D eigenvalue weighted by Gasteiger charge is -2.19. The first kappa shape index (κ1) is 12.1. The normalized spacial score (nSPS) is 14.9. The second kappa shape index (κ2) is 5.34. The van der Waals surface area contributed by atoms with E-state index >= 15 is 0 Å². The van der Waals surface area contributed by atoms with Crippen LogP contribution in [0.1, 0.15) is 30.1 Å². The average molecular weight is 281 g/mol. The van der Waals surface area contributed by atoms with Crippen LogP contribution >= 0.6 is 22.9 Å². The van der Waals surface area contributed by atoms with Crippen LogP contribution in [0.25, 0.3) is 0 Å². The maximum atomic E-state index is 9.17. The summed E-state index contributed by atoms with van der Waals surface area (Å²) in [6, 6.07) is 2.11. The number of hydrogen-bond donors (Lipinski definition) is 1. The molecule has 6 heteroatoms. The lowest BCUT2D eigenvalue weighted by molar-refractivity contribution is 0.301. The second-order valence-electron chi connectivity index (χ2n) is 4.49. The molecule has 0 saturated heterocycles. The summed E-state index contributed by atoms with van der Waals surface area (Å²) in [6.07, 6.45) is 2.45.